The van der Waals surface area contributed by atoms with Crippen LogP contribution in [-0.2, 0) is 20.0 Å². The van der Waals surface area contributed by atoms with Crippen LogP contribution in [0.3, 0.4) is 0 Å². The van der Waals surface area contributed by atoms with E-state index < -0.39 is 0 Å². The van der Waals surface area contributed by atoms with E-state index in [9.17, 15) is 0 Å². The predicted octanol–water partition coefficient (Wildman–Crippen LogP) is 1.85. The Hall–Kier alpha value is -0.870. The standard InChI is InChI=1S/C14H28N4/c1-6-13-12(11-18(5)17-13)10-15-8-7-9-16-14(2,3)4/h11,15-16H,6-10H2,1-5H3. The van der Waals surface area contributed by atoms with E-state index in [2.05, 4.69) is 49.6 Å². The molecule has 4 heteroatoms. The fourth-order valence-electron chi connectivity index (χ4n) is 1.93. The summed E-state index contributed by atoms with van der Waals surface area (Å²) in [6.45, 7) is 11.8. The molecule has 18 heavy (non-hydrogen) atoms. The maximum Gasteiger partial charge on any atom is 0.0666 e. The molecular formula is C14H28N4. The van der Waals surface area contributed by atoms with Gasteiger partial charge in [-0.2, -0.15) is 5.10 Å². The number of aromatic nitrogens is 2. The van der Waals surface area contributed by atoms with Crippen molar-refractivity contribution in [2.24, 2.45) is 7.05 Å². The van der Waals surface area contributed by atoms with E-state index in [1.807, 2.05) is 11.7 Å². The van der Waals surface area contributed by atoms with Crippen molar-refractivity contribution in [3.05, 3.63) is 17.5 Å². The molecule has 0 radical (unpaired) electrons. The molecule has 1 heterocycles. The Kier molecular flexibility index (Phi) is 5.82. The van der Waals surface area contributed by atoms with Crippen molar-refractivity contribution in [3.63, 3.8) is 0 Å². The highest BCUT2D eigenvalue weighted by atomic mass is 15.3. The molecule has 0 aromatic carbocycles. The van der Waals surface area contributed by atoms with Gasteiger partial charge in [0.25, 0.3) is 0 Å². The second kappa shape index (κ2) is 6.90. The van der Waals surface area contributed by atoms with Crippen LogP contribution in [0.4, 0.5) is 0 Å². The first-order valence-corrected chi connectivity index (χ1v) is 6.89. The average Bonchev–Trinajstić information content (AvgIpc) is 2.62. The van der Waals surface area contributed by atoms with Crippen molar-refractivity contribution in [1.82, 2.24) is 20.4 Å². The van der Waals surface area contributed by atoms with Crippen molar-refractivity contribution in [1.29, 1.82) is 0 Å². The molecule has 0 spiro atoms. The lowest BCUT2D eigenvalue weighted by Gasteiger charge is -2.20. The van der Waals surface area contributed by atoms with E-state index >= 15 is 0 Å². The third-order valence-corrected chi connectivity index (χ3v) is 2.83. The third kappa shape index (κ3) is 5.65. The molecule has 0 unspecified atom stereocenters. The van der Waals surface area contributed by atoms with E-state index in [1.54, 1.807) is 0 Å². The Bertz CT molecular complexity index is 349. The Morgan fingerprint density at radius 2 is 2.00 bits per heavy atom. The zero-order chi connectivity index (χ0) is 13.6. The molecule has 2 N–H and O–H groups in total. The normalized spacial score (nSPS) is 12.1. The third-order valence-electron chi connectivity index (χ3n) is 2.83. The van der Waals surface area contributed by atoms with E-state index in [1.165, 1.54) is 11.3 Å². The van der Waals surface area contributed by atoms with E-state index in [4.69, 9.17) is 0 Å². The van der Waals surface area contributed by atoms with Gasteiger partial charge >= 0.3 is 0 Å². The largest absolute Gasteiger partial charge is 0.312 e. The molecule has 0 atom stereocenters. The number of hydrogen-bond donors (Lipinski definition) is 2. The van der Waals surface area contributed by atoms with Gasteiger partial charge in [-0.1, -0.05) is 6.92 Å². The highest BCUT2D eigenvalue weighted by molar-refractivity contribution is 5.16. The van der Waals surface area contributed by atoms with Crippen LogP contribution in [-0.4, -0.2) is 28.4 Å². The van der Waals surface area contributed by atoms with Crippen LogP contribution in [0.2, 0.25) is 0 Å². The number of nitrogens with one attached hydrogen (secondary N) is 2. The first kappa shape index (κ1) is 15.2. The summed E-state index contributed by atoms with van der Waals surface area (Å²) in [5.74, 6) is 0. The maximum atomic E-state index is 4.44. The summed E-state index contributed by atoms with van der Waals surface area (Å²) < 4.78 is 1.90. The highest BCUT2D eigenvalue weighted by Gasteiger charge is 2.07. The predicted molar refractivity (Wildman–Crippen MR) is 76.7 cm³/mol. The molecule has 104 valence electrons. The summed E-state index contributed by atoms with van der Waals surface area (Å²) in [6, 6.07) is 0. The minimum Gasteiger partial charge on any atom is -0.312 e. The van der Waals surface area contributed by atoms with Crippen LogP contribution < -0.4 is 10.6 Å². The van der Waals surface area contributed by atoms with Crippen LogP contribution >= 0.6 is 0 Å². The molecule has 0 aliphatic rings. The molecule has 0 saturated heterocycles. The quantitative estimate of drug-likeness (QED) is 0.728. The van der Waals surface area contributed by atoms with Gasteiger partial charge in [0.1, 0.15) is 0 Å². The van der Waals surface area contributed by atoms with Gasteiger partial charge < -0.3 is 10.6 Å². The van der Waals surface area contributed by atoms with Gasteiger partial charge in [-0.3, -0.25) is 4.68 Å². The van der Waals surface area contributed by atoms with Crippen molar-refractivity contribution in [2.45, 2.75) is 52.6 Å². The van der Waals surface area contributed by atoms with Crippen LogP contribution in [0, 0.1) is 0 Å². The van der Waals surface area contributed by atoms with Crippen LogP contribution in [0.5, 0.6) is 0 Å². The molecule has 0 aliphatic carbocycles. The number of hydrogen-bond acceptors (Lipinski definition) is 3. The maximum absolute atomic E-state index is 4.44. The Labute approximate surface area is 111 Å². The number of rotatable bonds is 7. The molecule has 0 saturated carbocycles. The van der Waals surface area contributed by atoms with Gasteiger partial charge in [0.15, 0.2) is 0 Å². The Morgan fingerprint density at radius 3 is 2.61 bits per heavy atom. The lowest BCUT2D eigenvalue weighted by atomic mass is 10.1. The van der Waals surface area contributed by atoms with Crippen molar-refractivity contribution >= 4 is 0 Å². The summed E-state index contributed by atoms with van der Waals surface area (Å²) >= 11 is 0. The highest BCUT2D eigenvalue weighted by Crippen LogP contribution is 2.06. The summed E-state index contributed by atoms with van der Waals surface area (Å²) in [6.07, 6.45) is 4.27. The van der Waals surface area contributed by atoms with Gasteiger partial charge in [-0.15, -0.1) is 0 Å². The van der Waals surface area contributed by atoms with Gasteiger partial charge in [-0.05, 0) is 46.7 Å². The zero-order valence-corrected chi connectivity index (χ0v) is 12.5. The van der Waals surface area contributed by atoms with Crippen molar-refractivity contribution in [3.8, 4) is 0 Å². The lowest BCUT2D eigenvalue weighted by molar-refractivity contribution is 0.418. The summed E-state index contributed by atoms with van der Waals surface area (Å²) in [4.78, 5) is 0. The molecule has 0 fully saturated rings. The molecule has 1 aromatic rings. The zero-order valence-electron chi connectivity index (χ0n) is 12.5. The van der Waals surface area contributed by atoms with Crippen LogP contribution in [0.1, 0.15) is 45.4 Å². The summed E-state index contributed by atoms with van der Waals surface area (Å²) in [7, 11) is 1.98. The second-order valence-corrected chi connectivity index (χ2v) is 5.84. The topological polar surface area (TPSA) is 41.9 Å². The minimum atomic E-state index is 0.221. The molecule has 1 aromatic heterocycles. The summed E-state index contributed by atoms with van der Waals surface area (Å²) in [5.41, 5.74) is 2.75. The fourth-order valence-corrected chi connectivity index (χ4v) is 1.93. The molecular weight excluding hydrogens is 224 g/mol. The van der Waals surface area contributed by atoms with E-state index in [0.717, 1.165) is 32.5 Å². The Balaban J connectivity index is 2.18. The molecule has 0 bridgehead atoms. The Morgan fingerprint density at radius 1 is 1.28 bits per heavy atom. The molecule has 0 aliphatic heterocycles. The van der Waals surface area contributed by atoms with Crippen LogP contribution in [0.25, 0.3) is 0 Å². The molecule has 0 amide bonds. The number of aryl methyl sites for hydroxylation is 2. The second-order valence-electron chi connectivity index (χ2n) is 5.84. The lowest BCUT2D eigenvalue weighted by Crippen LogP contribution is -2.37. The van der Waals surface area contributed by atoms with Gasteiger partial charge in [0.05, 0.1) is 5.69 Å². The van der Waals surface area contributed by atoms with Gasteiger partial charge in [0, 0.05) is 30.9 Å². The van der Waals surface area contributed by atoms with Crippen LogP contribution in [0.15, 0.2) is 6.20 Å². The minimum absolute atomic E-state index is 0.221. The molecule has 1 rings (SSSR count). The fraction of sp³-hybridized carbons (Fsp3) is 0.786. The summed E-state index contributed by atoms with van der Waals surface area (Å²) in [5, 5.41) is 11.4. The number of nitrogens with zero attached hydrogens (tertiary/aromatic N) is 2. The molecule has 4 nitrogen and oxygen atoms in total. The van der Waals surface area contributed by atoms with Crippen molar-refractivity contribution in [2.75, 3.05) is 13.1 Å². The first-order valence-electron chi connectivity index (χ1n) is 6.89. The monoisotopic (exact) mass is 252 g/mol. The van der Waals surface area contributed by atoms with Gasteiger partial charge in [0.2, 0.25) is 0 Å². The smallest absolute Gasteiger partial charge is 0.0666 e. The first-order chi connectivity index (χ1) is 8.42. The van der Waals surface area contributed by atoms with Gasteiger partial charge in [-0.25, -0.2) is 0 Å². The van der Waals surface area contributed by atoms with E-state index in [-0.39, 0.29) is 5.54 Å². The van der Waals surface area contributed by atoms with E-state index in [0.29, 0.717) is 0 Å². The SMILES string of the molecule is CCc1nn(C)cc1CNCCCNC(C)(C)C. The average molecular weight is 252 g/mol. The van der Waals surface area contributed by atoms with Crippen molar-refractivity contribution < 1.29 is 0 Å².